The third-order valence-electron chi connectivity index (χ3n) is 5.85. The van der Waals surface area contributed by atoms with Crippen molar-refractivity contribution in [3.05, 3.63) is 52.9 Å². The van der Waals surface area contributed by atoms with Gasteiger partial charge in [0.25, 0.3) is 0 Å². The molecule has 0 radical (unpaired) electrons. The summed E-state index contributed by atoms with van der Waals surface area (Å²) in [5, 5.41) is 14.7. The molecule has 1 aromatic carbocycles. The van der Waals surface area contributed by atoms with Crippen molar-refractivity contribution >= 4 is 38.3 Å². The Bertz CT molecular complexity index is 1230. The number of pyridine rings is 1. The summed E-state index contributed by atoms with van der Waals surface area (Å²) in [6, 6.07) is 10.2. The first kappa shape index (κ1) is 20.3. The third-order valence-corrected chi connectivity index (χ3v) is 6.71. The van der Waals surface area contributed by atoms with Gasteiger partial charge in [-0.3, -0.25) is 14.8 Å². The van der Waals surface area contributed by atoms with Gasteiger partial charge in [-0.1, -0.05) is 18.2 Å². The number of hydrogen-bond donors (Lipinski definition) is 2. The van der Waals surface area contributed by atoms with Crippen molar-refractivity contribution in [2.24, 2.45) is 0 Å². The van der Waals surface area contributed by atoms with Gasteiger partial charge in [0.15, 0.2) is 5.65 Å². The summed E-state index contributed by atoms with van der Waals surface area (Å²) < 4.78 is 2.46. The van der Waals surface area contributed by atoms with Crippen molar-refractivity contribution in [2.45, 2.75) is 6.54 Å². The lowest BCUT2D eigenvalue weighted by Gasteiger charge is -2.34. The molecule has 3 N–H and O–H groups in total. The van der Waals surface area contributed by atoms with Gasteiger partial charge in [-0.2, -0.15) is 9.61 Å². The summed E-state index contributed by atoms with van der Waals surface area (Å²) in [6.45, 7) is 5.38. The third kappa shape index (κ3) is 3.89. The van der Waals surface area contributed by atoms with Gasteiger partial charge in [0.05, 0.1) is 28.5 Å². The SMILES string of the molecule is Nc1c(Br)c(CN2CCN(CCO)CC2)nc2c(-c3cnc4ccccc4c3)cnn12. The number of para-hydroxylation sites is 1. The number of fused-ring (bicyclic) bond motifs is 2. The quantitative estimate of drug-likeness (QED) is 0.451. The summed E-state index contributed by atoms with van der Waals surface area (Å²) in [5.74, 6) is 0.541. The molecule has 5 rings (SSSR count). The lowest BCUT2D eigenvalue weighted by atomic mass is 10.1. The molecule has 9 heteroatoms. The van der Waals surface area contributed by atoms with Crippen LogP contribution in [-0.4, -0.2) is 73.8 Å². The topological polar surface area (TPSA) is 95.8 Å². The maximum Gasteiger partial charge on any atom is 0.165 e. The average molecular weight is 482 g/mol. The zero-order chi connectivity index (χ0) is 21.4. The van der Waals surface area contributed by atoms with Gasteiger partial charge in [-0.15, -0.1) is 0 Å². The van der Waals surface area contributed by atoms with Gasteiger partial charge in [-0.05, 0) is 28.1 Å². The van der Waals surface area contributed by atoms with Crippen LogP contribution in [0.4, 0.5) is 5.82 Å². The fourth-order valence-corrected chi connectivity index (χ4v) is 4.48. The minimum absolute atomic E-state index is 0.202. The van der Waals surface area contributed by atoms with Gasteiger partial charge in [0.1, 0.15) is 5.82 Å². The summed E-state index contributed by atoms with van der Waals surface area (Å²) in [5.41, 5.74) is 10.9. The number of nitrogens with zero attached hydrogens (tertiary/aromatic N) is 6. The fourth-order valence-electron chi connectivity index (χ4n) is 4.09. The molecular formula is C22H24BrN7O. The van der Waals surface area contributed by atoms with Gasteiger partial charge >= 0.3 is 0 Å². The van der Waals surface area contributed by atoms with Crippen molar-refractivity contribution in [2.75, 3.05) is 45.1 Å². The summed E-state index contributed by atoms with van der Waals surface area (Å²) in [7, 11) is 0. The minimum atomic E-state index is 0.202. The Morgan fingerprint density at radius 1 is 1.06 bits per heavy atom. The highest BCUT2D eigenvalue weighted by atomic mass is 79.9. The second kappa shape index (κ2) is 8.51. The number of benzene rings is 1. The molecule has 4 heterocycles. The second-order valence-electron chi connectivity index (χ2n) is 7.81. The fraction of sp³-hybridized carbons (Fsp3) is 0.318. The number of nitrogen functional groups attached to an aromatic ring is 1. The first-order valence-corrected chi connectivity index (χ1v) is 11.2. The van der Waals surface area contributed by atoms with Crippen molar-refractivity contribution in [3.63, 3.8) is 0 Å². The number of nitrogens with two attached hydrogens (primary N) is 1. The van der Waals surface area contributed by atoms with Crippen molar-refractivity contribution < 1.29 is 5.11 Å². The summed E-state index contributed by atoms with van der Waals surface area (Å²) in [4.78, 5) is 14.2. The number of β-amino-alcohol motifs (C(OH)–C–C–N with tert-alkyl or cyclic N) is 1. The first-order valence-electron chi connectivity index (χ1n) is 10.4. The molecule has 3 aromatic heterocycles. The largest absolute Gasteiger partial charge is 0.395 e. The smallest absolute Gasteiger partial charge is 0.165 e. The molecule has 0 amide bonds. The monoisotopic (exact) mass is 481 g/mol. The molecule has 0 saturated carbocycles. The maximum atomic E-state index is 9.15. The summed E-state index contributed by atoms with van der Waals surface area (Å²) in [6.07, 6.45) is 3.66. The Morgan fingerprint density at radius 2 is 1.84 bits per heavy atom. The van der Waals surface area contributed by atoms with Gasteiger partial charge in [0, 0.05) is 62.0 Å². The number of aliphatic hydroxyl groups is 1. The van der Waals surface area contributed by atoms with Crippen molar-refractivity contribution in [1.29, 1.82) is 0 Å². The van der Waals surface area contributed by atoms with E-state index in [4.69, 9.17) is 15.8 Å². The molecule has 1 aliphatic heterocycles. The van der Waals surface area contributed by atoms with Gasteiger partial charge < -0.3 is 10.8 Å². The standard InChI is InChI=1S/C22H24BrN7O/c23-20-19(14-29-7-5-28(6-8-29)9-10-31)27-22-17(13-26-30(22)21(20)24)16-11-15-3-1-2-4-18(15)25-12-16/h1-4,11-13,31H,5-10,14,24H2. The molecule has 8 nitrogen and oxygen atoms in total. The van der Waals surface area contributed by atoms with Crippen LogP contribution in [0.1, 0.15) is 5.69 Å². The molecule has 160 valence electrons. The average Bonchev–Trinajstić information content (AvgIpc) is 3.22. The van der Waals surface area contributed by atoms with E-state index in [0.29, 0.717) is 12.4 Å². The van der Waals surface area contributed by atoms with Crippen LogP contribution in [-0.2, 0) is 6.54 Å². The Labute approximate surface area is 188 Å². The number of piperazine rings is 1. The number of aliphatic hydroxyl groups excluding tert-OH is 1. The number of anilines is 1. The molecule has 1 fully saturated rings. The number of halogens is 1. The van der Waals surface area contributed by atoms with E-state index in [1.165, 1.54) is 0 Å². The number of rotatable bonds is 5. The molecule has 31 heavy (non-hydrogen) atoms. The van der Waals surface area contributed by atoms with E-state index < -0.39 is 0 Å². The lowest BCUT2D eigenvalue weighted by Crippen LogP contribution is -2.46. The van der Waals surface area contributed by atoms with Crippen LogP contribution in [0.25, 0.3) is 27.7 Å². The zero-order valence-electron chi connectivity index (χ0n) is 17.1. The van der Waals surface area contributed by atoms with Crippen LogP contribution >= 0.6 is 15.9 Å². The highest BCUT2D eigenvalue weighted by molar-refractivity contribution is 9.10. The lowest BCUT2D eigenvalue weighted by molar-refractivity contribution is 0.107. The van der Waals surface area contributed by atoms with E-state index in [2.05, 4.69) is 47.9 Å². The molecule has 0 bridgehead atoms. The highest BCUT2D eigenvalue weighted by Gasteiger charge is 2.21. The highest BCUT2D eigenvalue weighted by Crippen LogP contribution is 2.31. The molecule has 1 saturated heterocycles. The van der Waals surface area contributed by atoms with Crippen LogP contribution in [0.15, 0.2) is 47.2 Å². The zero-order valence-corrected chi connectivity index (χ0v) is 18.7. The van der Waals surface area contributed by atoms with Crippen LogP contribution in [0, 0.1) is 0 Å². The normalized spacial score (nSPS) is 15.8. The van der Waals surface area contributed by atoms with Crippen molar-refractivity contribution in [1.82, 2.24) is 29.4 Å². The second-order valence-corrected chi connectivity index (χ2v) is 8.60. The Kier molecular flexibility index (Phi) is 5.58. The van der Waals surface area contributed by atoms with Crippen LogP contribution in [0.2, 0.25) is 0 Å². The molecule has 4 aromatic rings. The molecule has 0 atom stereocenters. The van der Waals surface area contributed by atoms with E-state index in [-0.39, 0.29) is 6.61 Å². The molecule has 1 aliphatic rings. The number of aromatic nitrogens is 4. The van der Waals surface area contributed by atoms with Crippen LogP contribution in [0.5, 0.6) is 0 Å². The van der Waals surface area contributed by atoms with E-state index in [9.17, 15) is 0 Å². The van der Waals surface area contributed by atoms with Crippen LogP contribution < -0.4 is 5.73 Å². The Morgan fingerprint density at radius 3 is 2.65 bits per heavy atom. The number of hydrogen-bond acceptors (Lipinski definition) is 7. The Hall–Kier alpha value is -2.59. The molecule has 0 unspecified atom stereocenters. The molecule has 0 aliphatic carbocycles. The van der Waals surface area contributed by atoms with Crippen LogP contribution in [0.3, 0.4) is 0 Å². The van der Waals surface area contributed by atoms with Gasteiger partial charge in [-0.25, -0.2) is 4.98 Å². The van der Waals surface area contributed by atoms with E-state index >= 15 is 0 Å². The first-order chi connectivity index (χ1) is 15.1. The van der Waals surface area contributed by atoms with Gasteiger partial charge in [0.2, 0.25) is 0 Å². The maximum absolute atomic E-state index is 9.15. The summed E-state index contributed by atoms with van der Waals surface area (Å²) >= 11 is 3.63. The van der Waals surface area contributed by atoms with E-state index in [1.54, 1.807) is 10.7 Å². The predicted molar refractivity (Wildman–Crippen MR) is 125 cm³/mol. The Balaban J connectivity index is 1.48. The van der Waals surface area contributed by atoms with Crippen molar-refractivity contribution in [3.8, 4) is 11.1 Å². The minimum Gasteiger partial charge on any atom is -0.395 e. The predicted octanol–water partition coefficient (Wildman–Crippen LogP) is 2.40. The van der Waals surface area contributed by atoms with E-state index in [1.807, 2.05) is 24.4 Å². The molecular weight excluding hydrogens is 458 g/mol. The molecule has 0 spiro atoms. The van der Waals surface area contributed by atoms with E-state index in [0.717, 1.165) is 70.6 Å².